The maximum Gasteiger partial charge on any atom is 0.287 e. The van der Waals surface area contributed by atoms with E-state index < -0.39 is 11.8 Å². The molecule has 182 valence electrons. The number of ether oxygens (including phenoxy) is 2. The molecule has 0 saturated heterocycles. The first-order valence-corrected chi connectivity index (χ1v) is 11.2. The lowest BCUT2D eigenvalue weighted by Gasteiger charge is -2.11. The summed E-state index contributed by atoms with van der Waals surface area (Å²) < 4.78 is 12.6. The molecular formula is C28H26N4O4. The van der Waals surface area contributed by atoms with Gasteiger partial charge in [0, 0.05) is 35.3 Å². The number of hydrogen-bond acceptors (Lipinski definition) is 5. The van der Waals surface area contributed by atoms with Crippen LogP contribution in [0.5, 0.6) is 11.5 Å². The van der Waals surface area contributed by atoms with E-state index in [1.807, 2.05) is 48.1 Å². The topological polar surface area (TPSA) is 94.0 Å². The number of nitrogens with zero attached hydrogens (tertiary/aromatic N) is 2. The molecule has 0 unspecified atom stereocenters. The predicted molar refractivity (Wildman–Crippen MR) is 140 cm³/mol. The van der Waals surface area contributed by atoms with Gasteiger partial charge in [0.05, 0.1) is 20.4 Å². The number of rotatable bonds is 8. The molecule has 1 aromatic heterocycles. The van der Waals surface area contributed by atoms with E-state index in [2.05, 4.69) is 15.8 Å². The number of methoxy groups -OCH3 is 2. The third-order valence-corrected chi connectivity index (χ3v) is 5.54. The molecule has 0 fully saturated rings. The average Bonchev–Trinajstić information content (AvgIpc) is 3.23. The standard InChI is InChI=1S/C28H26N4O4/c1-32-18-21(22-11-7-8-12-24(22)32)17-29-31-28(34)23(30-27(33)20-9-5-4-6-10-20)15-19-13-14-25(35-2)26(16-19)36-3/h4-18H,1-3H3,(H,30,33)(H,31,34). The van der Waals surface area contributed by atoms with E-state index in [1.165, 1.54) is 7.11 Å². The first kappa shape index (κ1) is 24.3. The average molecular weight is 483 g/mol. The van der Waals surface area contributed by atoms with Crippen LogP contribution >= 0.6 is 0 Å². The normalized spacial score (nSPS) is 11.5. The smallest absolute Gasteiger partial charge is 0.287 e. The molecule has 2 amide bonds. The van der Waals surface area contributed by atoms with E-state index in [9.17, 15) is 9.59 Å². The lowest BCUT2D eigenvalue weighted by molar-refractivity contribution is -0.117. The SMILES string of the molecule is COc1ccc(C=C(NC(=O)c2ccccc2)C(=O)NN=Cc2cn(C)c3ccccc23)cc1OC. The van der Waals surface area contributed by atoms with Crippen molar-refractivity contribution in [2.75, 3.05) is 14.2 Å². The van der Waals surface area contributed by atoms with Crippen LogP contribution in [-0.2, 0) is 11.8 Å². The van der Waals surface area contributed by atoms with Crippen LogP contribution in [0.25, 0.3) is 17.0 Å². The van der Waals surface area contributed by atoms with Gasteiger partial charge in [0.15, 0.2) is 11.5 Å². The van der Waals surface area contributed by atoms with Crippen LogP contribution in [0.2, 0.25) is 0 Å². The predicted octanol–water partition coefficient (Wildman–Crippen LogP) is 4.12. The molecule has 0 atom stereocenters. The van der Waals surface area contributed by atoms with Gasteiger partial charge >= 0.3 is 0 Å². The van der Waals surface area contributed by atoms with Crippen LogP contribution in [0.4, 0.5) is 0 Å². The highest BCUT2D eigenvalue weighted by Gasteiger charge is 2.15. The molecule has 1 heterocycles. The second-order valence-electron chi connectivity index (χ2n) is 7.90. The van der Waals surface area contributed by atoms with Gasteiger partial charge in [0.2, 0.25) is 0 Å². The summed E-state index contributed by atoms with van der Waals surface area (Å²) in [4.78, 5) is 25.9. The molecule has 0 aliphatic carbocycles. The fourth-order valence-corrected chi connectivity index (χ4v) is 3.75. The van der Waals surface area contributed by atoms with E-state index >= 15 is 0 Å². The van der Waals surface area contributed by atoms with Gasteiger partial charge in [0.1, 0.15) is 5.70 Å². The number of amides is 2. The summed E-state index contributed by atoms with van der Waals surface area (Å²) >= 11 is 0. The summed E-state index contributed by atoms with van der Waals surface area (Å²) in [5.74, 6) is 0.0455. The Morgan fingerprint density at radius 3 is 2.39 bits per heavy atom. The van der Waals surface area contributed by atoms with Crippen molar-refractivity contribution in [2.24, 2.45) is 12.1 Å². The molecule has 8 nitrogen and oxygen atoms in total. The largest absolute Gasteiger partial charge is 0.493 e. The highest BCUT2D eigenvalue weighted by Crippen LogP contribution is 2.28. The van der Waals surface area contributed by atoms with Crippen molar-refractivity contribution in [3.8, 4) is 11.5 Å². The maximum atomic E-state index is 13.1. The van der Waals surface area contributed by atoms with Crippen molar-refractivity contribution < 1.29 is 19.1 Å². The Kier molecular flexibility index (Phi) is 7.45. The Morgan fingerprint density at radius 1 is 0.917 bits per heavy atom. The van der Waals surface area contributed by atoms with E-state index in [1.54, 1.807) is 61.9 Å². The number of carbonyl (C=O) groups is 2. The van der Waals surface area contributed by atoms with Crippen molar-refractivity contribution >= 4 is 35.0 Å². The monoisotopic (exact) mass is 482 g/mol. The lowest BCUT2D eigenvalue weighted by Crippen LogP contribution is -2.32. The molecule has 0 saturated carbocycles. The number of hydrogen-bond donors (Lipinski definition) is 2. The van der Waals surface area contributed by atoms with Crippen molar-refractivity contribution in [2.45, 2.75) is 0 Å². The molecule has 0 bridgehead atoms. The first-order valence-electron chi connectivity index (χ1n) is 11.2. The number of nitrogens with one attached hydrogen (secondary N) is 2. The zero-order valence-corrected chi connectivity index (χ0v) is 20.2. The Bertz CT molecular complexity index is 1460. The van der Waals surface area contributed by atoms with Crippen molar-refractivity contribution in [3.63, 3.8) is 0 Å². The highest BCUT2D eigenvalue weighted by molar-refractivity contribution is 6.06. The number of para-hydroxylation sites is 1. The van der Waals surface area contributed by atoms with Crippen molar-refractivity contribution in [1.29, 1.82) is 0 Å². The van der Waals surface area contributed by atoms with Gasteiger partial charge in [-0.3, -0.25) is 9.59 Å². The molecule has 0 radical (unpaired) electrons. The molecule has 3 aromatic carbocycles. The molecule has 8 heteroatoms. The molecule has 0 aliphatic heterocycles. The van der Waals surface area contributed by atoms with Crippen LogP contribution in [0.1, 0.15) is 21.5 Å². The highest BCUT2D eigenvalue weighted by atomic mass is 16.5. The number of aryl methyl sites for hydroxylation is 1. The summed E-state index contributed by atoms with van der Waals surface area (Å²) in [5.41, 5.74) is 5.49. The fourth-order valence-electron chi connectivity index (χ4n) is 3.75. The second-order valence-corrected chi connectivity index (χ2v) is 7.90. The van der Waals surface area contributed by atoms with Crippen LogP contribution < -0.4 is 20.2 Å². The lowest BCUT2D eigenvalue weighted by atomic mass is 10.1. The van der Waals surface area contributed by atoms with Crippen molar-refractivity contribution in [3.05, 3.63) is 101 Å². The number of aromatic nitrogens is 1. The molecule has 0 aliphatic rings. The van der Waals surface area contributed by atoms with Crippen LogP contribution in [0.15, 0.2) is 89.8 Å². The number of carbonyl (C=O) groups excluding carboxylic acids is 2. The molecular weight excluding hydrogens is 456 g/mol. The van der Waals surface area contributed by atoms with Crippen LogP contribution in [0.3, 0.4) is 0 Å². The molecule has 0 spiro atoms. The summed E-state index contributed by atoms with van der Waals surface area (Å²) in [7, 11) is 5.01. The van der Waals surface area contributed by atoms with Crippen LogP contribution in [-0.4, -0.2) is 36.8 Å². The van der Waals surface area contributed by atoms with Gasteiger partial charge in [-0.1, -0.05) is 42.5 Å². The summed E-state index contributed by atoms with van der Waals surface area (Å²) in [5, 5.41) is 7.83. The van der Waals surface area contributed by atoms with E-state index in [0.717, 1.165) is 16.5 Å². The third kappa shape index (κ3) is 5.44. The van der Waals surface area contributed by atoms with Gasteiger partial charge in [-0.25, -0.2) is 5.43 Å². The Hall–Kier alpha value is -4.85. The summed E-state index contributed by atoms with van der Waals surface area (Å²) in [6.07, 6.45) is 5.05. The zero-order valence-electron chi connectivity index (χ0n) is 20.2. The van der Waals surface area contributed by atoms with E-state index in [-0.39, 0.29) is 5.70 Å². The minimum atomic E-state index is -0.578. The zero-order chi connectivity index (χ0) is 25.5. The third-order valence-electron chi connectivity index (χ3n) is 5.54. The summed E-state index contributed by atoms with van der Waals surface area (Å²) in [6.45, 7) is 0. The molecule has 4 aromatic rings. The minimum absolute atomic E-state index is 0.0196. The van der Waals surface area contributed by atoms with Gasteiger partial charge in [-0.15, -0.1) is 0 Å². The van der Waals surface area contributed by atoms with Gasteiger partial charge in [-0.2, -0.15) is 5.10 Å². The first-order chi connectivity index (χ1) is 17.5. The molecule has 2 N–H and O–H groups in total. The molecule has 36 heavy (non-hydrogen) atoms. The molecule has 4 rings (SSSR count). The fraction of sp³-hybridized carbons (Fsp3) is 0.107. The number of fused-ring (bicyclic) bond motifs is 1. The summed E-state index contributed by atoms with van der Waals surface area (Å²) in [6, 6.07) is 21.7. The van der Waals surface area contributed by atoms with Crippen LogP contribution in [0, 0.1) is 0 Å². The Balaban J connectivity index is 1.60. The van der Waals surface area contributed by atoms with Gasteiger partial charge < -0.3 is 19.4 Å². The Morgan fingerprint density at radius 2 is 1.64 bits per heavy atom. The quantitative estimate of drug-likeness (QED) is 0.224. The minimum Gasteiger partial charge on any atom is -0.493 e. The van der Waals surface area contributed by atoms with E-state index in [0.29, 0.717) is 22.6 Å². The van der Waals surface area contributed by atoms with E-state index in [4.69, 9.17) is 9.47 Å². The number of benzene rings is 3. The second kappa shape index (κ2) is 11.1. The van der Waals surface area contributed by atoms with Gasteiger partial charge in [-0.05, 0) is 42.0 Å². The maximum absolute atomic E-state index is 13.1. The van der Waals surface area contributed by atoms with Crippen molar-refractivity contribution in [1.82, 2.24) is 15.3 Å². The van der Waals surface area contributed by atoms with Gasteiger partial charge in [0.25, 0.3) is 11.8 Å². The Labute approximate surface area is 208 Å². The number of hydrazone groups is 1.